The summed E-state index contributed by atoms with van der Waals surface area (Å²) in [5, 5.41) is 2.93. The highest BCUT2D eigenvalue weighted by Crippen LogP contribution is 2.31. The number of carbonyl (C=O) groups excluding carboxylic acids is 1. The molecule has 9 heteroatoms. The molecule has 3 rings (SSSR count). The monoisotopic (exact) mass is 488 g/mol. The number of ether oxygens (including phenoxy) is 2. The second-order valence-corrected chi connectivity index (χ2v) is 9.42. The van der Waals surface area contributed by atoms with E-state index in [1.165, 1.54) is 25.3 Å². The van der Waals surface area contributed by atoms with Gasteiger partial charge in [-0.25, -0.2) is 8.42 Å². The molecule has 33 heavy (non-hydrogen) atoms. The van der Waals surface area contributed by atoms with Gasteiger partial charge in [0.05, 0.1) is 29.3 Å². The van der Waals surface area contributed by atoms with E-state index in [2.05, 4.69) is 5.32 Å². The average molecular weight is 489 g/mol. The van der Waals surface area contributed by atoms with Crippen LogP contribution in [0.2, 0.25) is 5.02 Å². The Hall–Kier alpha value is -3.23. The molecular formula is C24H25ClN2O5S. The third kappa shape index (κ3) is 6.40. The van der Waals surface area contributed by atoms with Crippen LogP contribution in [0.25, 0.3) is 0 Å². The number of rotatable bonds is 10. The molecule has 0 bridgehead atoms. The molecule has 0 atom stereocenters. The van der Waals surface area contributed by atoms with Crippen LogP contribution in [-0.2, 0) is 14.8 Å². The molecule has 3 aromatic carbocycles. The highest BCUT2D eigenvalue weighted by Gasteiger charge is 2.27. The standard InChI is InChI=1S/C24H25ClN2O5S/c1-18-8-11-20(12-9-18)32-15-14-26-24(28)17-27(19-10-13-23(31-2)22(25)16-19)33(29,30)21-6-4-3-5-7-21/h3-13,16H,14-15,17H2,1-2H3,(H,26,28). The minimum Gasteiger partial charge on any atom is -0.495 e. The Morgan fingerprint density at radius 1 is 1.03 bits per heavy atom. The Kier molecular flexibility index (Phi) is 8.19. The lowest BCUT2D eigenvalue weighted by Crippen LogP contribution is -2.41. The highest BCUT2D eigenvalue weighted by molar-refractivity contribution is 7.92. The second-order valence-electron chi connectivity index (χ2n) is 7.16. The number of aryl methyl sites for hydroxylation is 1. The minimum atomic E-state index is -4.02. The zero-order valence-corrected chi connectivity index (χ0v) is 19.9. The number of nitrogens with one attached hydrogen (secondary N) is 1. The predicted molar refractivity (Wildman–Crippen MR) is 129 cm³/mol. The van der Waals surface area contributed by atoms with Gasteiger partial charge < -0.3 is 14.8 Å². The molecule has 0 aliphatic heterocycles. The van der Waals surface area contributed by atoms with Crippen molar-refractivity contribution in [2.75, 3.05) is 31.1 Å². The number of amides is 1. The van der Waals surface area contributed by atoms with Gasteiger partial charge in [0.25, 0.3) is 10.0 Å². The summed E-state index contributed by atoms with van der Waals surface area (Å²) in [6.45, 7) is 2.02. The van der Waals surface area contributed by atoms with Gasteiger partial charge in [0.15, 0.2) is 0 Å². The van der Waals surface area contributed by atoms with E-state index < -0.39 is 22.5 Å². The van der Waals surface area contributed by atoms with E-state index in [0.29, 0.717) is 11.5 Å². The Bertz CT molecular complexity index is 1190. The minimum absolute atomic E-state index is 0.0624. The van der Waals surface area contributed by atoms with Crippen LogP contribution in [-0.4, -0.2) is 41.1 Å². The lowest BCUT2D eigenvalue weighted by molar-refractivity contribution is -0.119. The van der Waals surface area contributed by atoms with E-state index in [0.717, 1.165) is 9.87 Å². The molecule has 0 fully saturated rings. The van der Waals surface area contributed by atoms with Gasteiger partial charge in [0.1, 0.15) is 24.7 Å². The van der Waals surface area contributed by atoms with Crippen molar-refractivity contribution < 1.29 is 22.7 Å². The maximum Gasteiger partial charge on any atom is 0.264 e. The fourth-order valence-corrected chi connectivity index (χ4v) is 4.71. The number of sulfonamides is 1. The number of anilines is 1. The van der Waals surface area contributed by atoms with Gasteiger partial charge in [-0.05, 0) is 49.4 Å². The number of hydrogen-bond acceptors (Lipinski definition) is 5. The highest BCUT2D eigenvalue weighted by atomic mass is 35.5. The molecule has 0 radical (unpaired) electrons. The van der Waals surface area contributed by atoms with Gasteiger partial charge in [-0.2, -0.15) is 0 Å². The van der Waals surface area contributed by atoms with Crippen LogP contribution in [0.4, 0.5) is 5.69 Å². The van der Waals surface area contributed by atoms with Crippen molar-refractivity contribution in [1.29, 1.82) is 0 Å². The van der Waals surface area contributed by atoms with Crippen LogP contribution in [0.3, 0.4) is 0 Å². The van der Waals surface area contributed by atoms with E-state index >= 15 is 0 Å². The van der Waals surface area contributed by atoms with E-state index in [1.807, 2.05) is 31.2 Å². The average Bonchev–Trinajstić information content (AvgIpc) is 2.82. The quantitative estimate of drug-likeness (QED) is 0.435. The normalized spacial score (nSPS) is 11.0. The third-order valence-corrected chi connectivity index (χ3v) is 6.84. The smallest absolute Gasteiger partial charge is 0.264 e. The van der Waals surface area contributed by atoms with E-state index in [9.17, 15) is 13.2 Å². The molecular weight excluding hydrogens is 464 g/mol. The largest absolute Gasteiger partial charge is 0.495 e. The molecule has 0 aliphatic rings. The first-order valence-electron chi connectivity index (χ1n) is 10.2. The first-order valence-corrected chi connectivity index (χ1v) is 12.0. The molecule has 0 saturated carbocycles. The van der Waals surface area contributed by atoms with E-state index in [-0.39, 0.29) is 28.8 Å². The molecule has 0 unspecified atom stereocenters. The van der Waals surface area contributed by atoms with Gasteiger partial charge in [0.2, 0.25) is 5.91 Å². The molecule has 1 N–H and O–H groups in total. The van der Waals surface area contributed by atoms with Gasteiger partial charge in [-0.1, -0.05) is 47.5 Å². The number of halogens is 1. The summed E-state index contributed by atoms with van der Waals surface area (Å²) in [4.78, 5) is 12.7. The summed E-state index contributed by atoms with van der Waals surface area (Å²) in [6, 6.07) is 20.0. The lowest BCUT2D eigenvalue weighted by atomic mass is 10.2. The van der Waals surface area contributed by atoms with Crippen molar-refractivity contribution >= 4 is 33.2 Å². The fourth-order valence-electron chi connectivity index (χ4n) is 3.03. The molecule has 0 heterocycles. The summed E-state index contributed by atoms with van der Waals surface area (Å²) in [5.74, 6) is 0.611. The molecule has 174 valence electrons. The fraction of sp³-hybridized carbons (Fsp3) is 0.208. The number of hydrogen-bond donors (Lipinski definition) is 1. The number of benzene rings is 3. The Morgan fingerprint density at radius 3 is 2.36 bits per heavy atom. The SMILES string of the molecule is COc1ccc(N(CC(=O)NCCOc2ccc(C)cc2)S(=O)(=O)c2ccccc2)cc1Cl. The number of nitrogens with zero attached hydrogens (tertiary/aromatic N) is 1. The van der Waals surface area contributed by atoms with Crippen LogP contribution < -0.4 is 19.1 Å². The molecule has 0 saturated heterocycles. The van der Waals surface area contributed by atoms with Crippen molar-refractivity contribution in [3.63, 3.8) is 0 Å². The lowest BCUT2D eigenvalue weighted by Gasteiger charge is -2.24. The van der Waals surface area contributed by atoms with E-state index in [4.69, 9.17) is 21.1 Å². The van der Waals surface area contributed by atoms with Crippen molar-refractivity contribution in [2.24, 2.45) is 0 Å². The third-order valence-electron chi connectivity index (χ3n) is 4.76. The molecule has 0 aromatic heterocycles. The number of carbonyl (C=O) groups is 1. The molecule has 3 aromatic rings. The maximum atomic E-state index is 13.3. The zero-order chi connectivity index (χ0) is 23.8. The van der Waals surface area contributed by atoms with Crippen LogP contribution in [0.15, 0.2) is 77.7 Å². The topological polar surface area (TPSA) is 84.9 Å². The summed E-state index contributed by atoms with van der Waals surface area (Å²) >= 11 is 6.21. The van der Waals surface area contributed by atoms with Crippen LogP contribution in [0.1, 0.15) is 5.56 Å². The zero-order valence-electron chi connectivity index (χ0n) is 18.3. The van der Waals surface area contributed by atoms with Crippen molar-refractivity contribution in [2.45, 2.75) is 11.8 Å². The maximum absolute atomic E-state index is 13.3. The first kappa shape index (κ1) is 24.4. The number of methoxy groups -OCH3 is 1. The Balaban J connectivity index is 1.73. The summed E-state index contributed by atoms with van der Waals surface area (Å²) < 4.78 is 38.4. The van der Waals surface area contributed by atoms with Gasteiger partial charge in [0, 0.05) is 0 Å². The first-order chi connectivity index (χ1) is 15.8. The van der Waals surface area contributed by atoms with Crippen LogP contribution in [0.5, 0.6) is 11.5 Å². The molecule has 0 aliphatic carbocycles. The van der Waals surface area contributed by atoms with Gasteiger partial charge in [-0.3, -0.25) is 9.10 Å². The van der Waals surface area contributed by atoms with Gasteiger partial charge >= 0.3 is 0 Å². The van der Waals surface area contributed by atoms with Crippen molar-refractivity contribution in [3.8, 4) is 11.5 Å². The van der Waals surface area contributed by atoms with Crippen molar-refractivity contribution in [1.82, 2.24) is 5.32 Å². The molecule has 7 nitrogen and oxygen atoms in total. The van der Waals surface area contributed by atoms with Crippen LogP contribution >= 0.6 is 11.6 Å². The molecule has 0 spiro atoms. The summed E-state index contributed by atoms with van der Waals surface area (Å²) in [6.07, 6.45) is 0. The summed E-state index contributed by atoms with van der Waals surface area (Å²) in [5.41, 5.74) is 1.37. The second kappa shape index (κ2) is 11.1. The molecule has 1 amide bonds. The van der Waals surface area contributed by atoms with Gasteiger partial charge in [-0.15, -0.1) is 0 Å². The predicted octanol–water partition coefficient (Wildman–Crippen LogP) is 4.05. The Labute approximate surface area is 198 Å². The summed E-state index contributed by atoms with van der Waals surface area (Å²) in [7, 11) is -2.56. The van der Waals surface area contributed by atoms with Crippen LogP contribution in [0, 0.1) is 6.92 Å². The van der Waals surface area contributed by atoms with Crippen molar-refractivity contribution in [3.05, 3.63) is 83.4 Å². The Morgan fingerprint density at radius 2 is 1.73 bits per heavy atom. The van der Waals surface area contributed by atoms with E-state index in [1.54, 1.807) is 30.3 Å².